The van der Waals surface area contributed by atoms with E-state index in [-0.39, 0.29) is 11.6 Å². The number of furan rings is 2. The highest BCUT2D eigenvalue weighted by atomic mass is 32.1. The Balaban J connectivity index is 1.37. The van der Waals surface area contributed by atoms with Gasteiger partial charge in [0.25, 0.3) is 11.6 Å². The van der Waals surface area contributed by atoms with Crippen molar-refractivity contribution in [3.8, 4) is 11.3 Å². The third-order valence-corrected chi connectivity index (χ3v) is 6.88. The van der Waals surface area contributed by atoms with Gasteiger partial charge in [-0.2, -0.15) is 0 Å². The largest absolute Gasteiger partial charge is 0.467 e. The second-order valence-corrected chi connectivity index (χ2v) is 9.00. The van der Waals surface area contributed by atoms with Gasteiger partial charge in [-0.1, -0.05) is 0 Å². The van der Waals surface area contributed by atoms with Crippen molar-refractivity contribution in [1.82, 2.24) is 5.32 Å². The highest BCUT2D eigenvalue weighted by Gasteiger charge is 2.25. The summed E-state index contributed by atoms with van der Waals surface area (Å²) >= 11 is 1.55. The molecule has 1 aliphatic rings. The van der Waals surface area contributed by atoms with Crippen LogP contribution in [0.1, 0.15) is 45.2 Å². The van der Waals surface area contributed by atoms with Crippen molar-refractivity contribution in [1.29, 1.82) is 0 Å². The van der Waals surface area contributed by atoms with E-state index in [1.54, 1.807) is 54.1 Å². The first-order chi connectivity index (χ1) is 16.6. The summed E-state index contributed by atoms with van der Waals surface area (Å²) in [6.07, 6.45) is 7.19. The normalized spacial score (nSPS) is 13.2. The van der Waals surface area contributed by atoms with Crippen molar-refractivity contribution in [2.75, 3.05) is 0 Å². The molecule has 1 aromatic carbocycles. The number of aryl methyl sites for hydroxylation is 1. The molecule has 0 aliphatic heterocycles. The Morgan fingerprint density at radius 1 is 1.15 bits per heavy atom. The van der Waals surface area contributed by atoms with Gasteiger partial charge in [-0.15, -0.1) is 11.3 Å². The van der Waals surface area contributed by atoms with E-state index in [4.69, 9.17) is 8.83 Å². The van der Waals surface area contributed by atoms with Crippen LogP contribution in [0.15, 0.2) is 68.6 Å². The Kier molecular flexibility index (Phi) is 6.09. The van der Waals surface area contributed by atoms with Crippen LogP contribution in [0.2, 0.25) is 0 Å². The number of hydrogen-bond acceptors (Lipinski definition) is 7. The van der Waals surface area contributed by atoms with Crippen LogP contribution in [-0.4, -0.2) is 17.0 Å². The molecule has 34 heavy (non-hydrogen) atoms. The van der Waals surface area contributed by atoms with E-state index < -0.39 is 4.92 Å². The third-order valence-electron chi connectivity index (χ3n) is 5.68. The molecule has 0 radical (unpaired) electrons. The van der Waals surface area contributed by atoms with Crippen molar-refractivity contribution in [2.24, 2.45) is 4.99 Å². The number of non-ortho nitro benzene ring substituents is 1. The summed E-state index contributed by atoms with van der Waals surface area (Å²) in [4.78, 5) is 29.3. The summed E-state index contributed by atoms with van der Waals surface area (Å²) in [5.74, 6) is 1.64. The molecule has 5 rings (SSSR count). The molecule has 1 N–H and O–H groups in total. The summed E-state index contributed by atoms with van der Waals surface area (Å²) in [6, 6.07) is 13.4. The summed E-state index contributed by atoms with van der Waals surface area (Å²) in [5.41, 5.74) is 2.47. The van der Waals surface area contributed by atoms with Gasteiger partial charge < -0.3 is 14.2 Å². The smallest absolute Gasteiger partial charge is 0.269 e. The fourth-order valence-corrected chi connectivity index (χ4v) is 5.22. The van der Waals surface area contributed by atoms with Crippen molar-refractivity contribution in [3.05, 3.63) is 92.4 Å². The Hall–Kier alpha value is -3.98. The average molecular weight is 476 g/mol. The molecule has 172 valence electrons. The number of aliphatic imine (C=N–C) groups is 1. The van der Waals surface area contributed by atoms with Gasteiger partial charge >= 0.3 is 0 Å². The van der Waals surface area contributed by atoms with E-state index in [0.717, 1.165) is 36.8 Å². The van der Waals surface area contributed by atoms with E-state index in [1.165, 1.54) is 17.0 Å². The second-order valence-electron chi connectivity index (χ2n) is 7.92. The van der Waals surface area contributed by atoms with Crippen LogP contribution in [0.3, 0.4) is 0 Å². The minimum atomic E-state index is -0.438. The van der Waals surface area contributed by atoms with Crippen LogP contribution in [0.25, 0.3) is 11.3 Å². The Morgan fingerprint density at radius 3 is 2.74 bits per heavy atom. The number of nitro groups is 1. The van der Waals surface area contributed by atoms with Gasteiger partial charge in [-0.25, -0.2) is 4.99 Å². The fourth-order valence-electron chi connectivity index (χ4n) is 3.99. The predicted octanol–water partition coefficient (Wildman–Crippen LogP) is 6.07. The lowest BCUT2D eigenvalue weighted by atomic mass is 9.95. The maximum atomic E-state index is 13.1. The molecule has 4 aromatic rings. The zero-order valence-electron chi connectivity index (χ0n) is 18.2. The van der Waals surface area contributed by atoms with Crippen LogP contribution >= 0.6 is 11.3 Å². The maximum Gasteiger partial charge on any atom is 0.269 e. The molecule has 0 saturated heterocycles. The molecule has 8 nitrogen and oxygen atoms in total. The number of carbonyl (C=O) groups excluding carboxylic acids is 1. The summed E-state index contributed by atoms with van der Waals surface area (Å²) in [7, 11) is 0. The summed E-state index contributed by atoms with van der Waals surface area (Å²) in [6.45, 7) is 0.316. The minimum Gasteiger partial charge on any atom is -0.467 e. The van der Waals surface area contributed by atoms with Crippen molar-refractivity contribution < 1.29 is 18.6 Å². The number of nitrogens with zero attached hydrogens (tertiary/aromatic N) is 2. The average Bonchev–Trinajstić information content (AvgIpc) is 3.61. The zero-order valence-corrected chi connectivity index (χ0v) is 19.0. The van der Waals surface area contributed by atoms with Gasteiger partial charge in [0, 0.05) is 22.6 Å². The first kappa shape index (κ1) is 21.8. The van der Waals surface area contributed by atoms with Crippen molar-refractivity contribution in [3.63, 3.8) is 0 Å². The molecule has 9 heteroatoms. The highest BCUT2D eigenvalue weighted by Crippen LogP contribution is 2.40. The SMILES string of the molecule is O=C(NCc1ccco1)c1c(N=Cc2ccc(-c3ccc([N+](=O)[O-])cc3)o2)sc2c1CCCC2. The van der Waals surface area contributed by atoms with Gasteiger partial charge in [0.2, 0.25) is 0 Å². The molecule has 0 bridgehead atoms. The van der Waals surface area contributed by atoms with Crippen molar-refractivity contribution in [2.45, 2.75) is 32.2 Å². The van der Waals surface area contributed by atoms with E-state index in [0.29, 0.717) is 34.4 Å². The van der Waals surface area contributed by atoms with Gasteiger partial charge in [-0.3, -0.25) is 14.9 Å². The predicted molar refractivity (Wildman–Crippen MR) is 129 cm³/mol. The van der Waals surface area contributed by atoms with Crippen LogP contribution in [0.4, 0.5) is 10.7 Å². The number of amides is 1. The first-order valence-corrected chi connectivity index (χ1v) is 11.7. The van der Waals surface area contributed by atoms with Gasteiger partial charge in [0.05, 0.1) is 29.5 Å². The number of carbonyl (C=O) groups is 1. The molecule has 0 atom stereocenters. The lowest BCUT2D eigenvalue weighted by Gasteiger charge is -2.12. The van der Waals surface area contributed by atoms with Gasteiger partial charge in [-0.05, 0) is 67.6 Å². The molecule has 3 aromatic heterocycles. The monoisotopic (exact) mass is 475 g/mol. The second kappa shape index (κ2) is 9.48. The van der Waals surface area contributed by atoms with Crippen LogP contribution in [0, 0.1) is 10.1 Å². The highest BCUT2D eigenvalue weighted by molar-refractivity contribution is 7.16. The number of rotatable bonds is 7. The first-order valence-electron chi connectivity index (χ1n) is 10.9. The summed E-state index contributed by atoms with van der Waals surface area (Å²) < 4.78 is 11.2. The quantitative estimate of drug-likeness (QED) is 0.198. The maximum absolute atomic E-state index is 13.1. The molecule has 0 saturated carbocycles. The Morgan fingerprint density at radius 2 is 1.97 bits per heavy atom. The van der Waals surface area contributed by atoms with Gasteiger partial charge in [0.1, 0.15) is 22.3 Å². The van der Waals surface area contributed by atoms with Crippen LogP contribution in [-0.2, 0) is 19.4 Å². The molecule has 0 unspecified atom stereocenters. The number of nitrogens with one attached hydrogen (secondary N) is 1. The van der Waals surface area contributed by atoms with E-state index in [9.17, 15) is 14.9 Å². The lowest BCUT2D eigenvalue weighted by Crippen LogP contribution is -2.23. The Labute approximate surface area is 199 Å². The van der Waals surface area contributed by atoms with E-state index in [1.807, 2.05) is 6.07 Å². The number of benzene rings is 1. The lowest BCUT2D eigenvalue weighted by molar-refractivity contribution is -0.384. The number of nitro benzene ring substituents is 1. The summed E-state index contributed by atoms with van der Waals surface area (Å²) in [5, 5.41) is 14.5. The number of hydrogen-bond donors (Lipinski definition) is 1. The third kappa shape index (κ3) is 4.55. The van der Waals surface area contributed by atoms with E-state index in [2.05, 4.69) is 10.3 Å². The molecular weight excluding hydrogens is 454 g/mol. The fraction of sp³-hybridized carbons (Fsp3) is 0.200. The van der Waals surface area contributed by atoms with Gasteiger partial charge in [0.15, 0.2) is 0 Å². The standard InChI is InChI=1S/C25H21N3O5S/c29-24(26-14-18-4-3-13-32-18)23-20-5-1-2-6-22(20)34-25(23)27-15-19-11-12-21(33-19)16-7-9-17(10-8-16)28(30)31/h3-4,7-13,15H,1-2,5-6,14H2,(H,26,29). The Bertz CT molecular complexity index is 1350. The zero-order chi connectivity index (χ0) is 23.5. The number of thiophene rings is 1. The molecule has 0 spiro atoms. The van der Waals surface area contributed by atoms with Crippen LogP contribution < -0.4 is 5.32 Å². The topological polar surface area (TPSA) is 111 Å². The molecule has 3 heterocycles. The molecule has 0 fully saturated rings. The van der Waals surface area contributed by atoms with Crippen LogP contribution in [0.5, 0.6) is 0 Å². The minimum absolute atomic E-state index is 0.0246. The molecule has 1 amide bonds. The van der Waals surface area contributed by atoms with E-state index >= 15 is 0 Å². The number of fused-ring (bicyclic) bond motifs is 1. The molecular formula is C25H21N3O5S. The molecule has 1 aliphatic carbocycles. The van der Waals surface area contributed by atoms with Crippen molar-refractivity contribution >= 4 is 34.1 Å².